The second-order valence-electron chi connectivity index (χ2n) is 5.80. The highest BCUT2D eigenvalue weighted by atomic mass is 16.3. The van der Waals surface area contributed by atoms with Crippen molar-refractivity contribution in [1.29, 1.82) is 0 Å². The summed E-state index contributed by atoms with van der Waals surface area (Å²) in [6.07, 6.45) is 4.31. The van der Waals surface area contributed by atoms with Gasteiger partial charge in [0.1, 0.15) is 0 Å². The van der Waals surface area contributed by atoms with E-state index in [0.717, 1.165) is 30.8 Å². The van der Waals surface area contributed by atoms with E-state index in [-0.39, 0.29) is 18.3 Å². The van der Waals surface area contributed by atoms with Crippen molar-refractivity contribution in [2.45, 2.75) is 32.6 Å². The largest absolute Gasteiger partial charge is 0.396 e. The van der Waals surface area contributed by atoms with Crippen molar-refractivity contribution in [3.8, 4) is 0 Å². The number of hydrogen-bond acceptors (Lipinski definition) is 3. The Labute approximate surface area is 121 Å². The molecule has 0 aliphatic carbocycles. The van der Waals surface area contributed by atoms with Crippen LogP contribution >= 0.6 is 0 Å². The van der Waals surface area contributed by atoms with Crippen LogP contribution in [0.25, 0.3) is 0 Å². The lowest BCUT2D eigenvalue weighted by Crippen LogP contribution is -2.37. The number of benzene rings is 1. The molecule has 0 spiro atoms. The van der Waals surface area contributed by atoms with Crippen molar-refractivity contribution >= 4 is 5.78 Å². The summed E-state index contributed by atoms with van der Waals surface area (Å²) in [5.74, 6) is 0.0884. The van der Waals surface area contributed by atoms with E-state index in [1.807, 2.05) is 31.2 Å². The molecule has 0 saturated carbocycles. The first-order valence-corrected chi connectivity index (χ1v) is 7.65. The highest BCUT2D eigenvalue weighted by Gasteiger charge is 2.23. The highest BCUT2D eigenvalue weighted by Crippen LogP contribution is 2.17. The van der Waals surface area contributed by atoms with Crippen molar-refractivity contribution in [3.05, 3.63) is 35.4 Å². The molecule has 1 aliphatic heterocycles. The number of nitrogens with zero attached hydrogens (tertiary/aromatic N) is 1. The summed E-state index contributed by atoms with van der Waals surface area (Å²) in [7, 11) is 0. The molecule has 1 heterocycles. The third-order valence-electron chi connectivity index (χ3n) is 4.11. The van der Waals surface area contributed by atoms with Gasteiger partial charge in [-0.25, -0.2) is 0 Å². The van der Waals surface area contributed by atoms with Gasteiger partial charge in [-0.15, -0.1) is 0 Å². The molecule has 2 rings (SSSR count). The number of likely N-dealkylation sites (tertiary alicyclic amines) is 1. The van der Waals surface area contributed by atoms with Gasteiger partial charge in [0.2, 0.25) is 0 Å². The summed E-state index contributed by atoms with van der Waals surface area (Å²) < 4.78 is 0. The number of aliphatic hydroxyl groups excluding tert-OH is 1. The topological polar surface area (TPSA) is 40.5 Å². The molecular weight excluding hydrogens is 250 g/mol. The van der Waals surface area contributed by atoms with Crippen LogP contribution in [0.5, 0.6) is 0 Å². The molecule has 110 valence electrons. The molecule has 1 N–H and O–H groups in total. The first kappa shape index (κ1) is 15.2. The number of hydrogen-bond donors (Lipinski definition) is 1. The standard InChI is InChI=1S/C17H25NO2/c1-14-5-7-15(8-6-14)17(20)16(9-12-19)13-18-10-3-2-4-11-18/h5-8,16,19H,2-4,9-13H2,1H3/t16-/m1/s1. The summed E-state index contributed by atoms with van der Waals surface area (Å²) in [6.45, 7) is 5.06. The van der Waals surface area contributed by atoms with Crippen LogP contribution in [0, 0.1) is 12.8 Å². The Morgan fingerprint density at radius 3 is 2.45 bits per heavy atom. The van der Waals surface area contributed by atoms with E-state index in [1.165, 1.54) is 19.3 Å². The SMILES string of the molecule is Cc1ccc(C(=O)[C@H](CCO)CN2CCCCC2)cc1. The second kappa shape index (κ2) is 7.55. The first-order chi connectivity index (χ1) is 9.70. The maximum Gasteiger partial charge on any atom is 0.167 e. The average molecular weight is 275 g/mol. The first-order valence-electron chi connectivity index (χ1n) is 7.65. The van der Waals surface area contributed by atoms with E-state index in [9.17, 15) is 9.90 Å². The summed E-state index contributed by atoms with van der Waals surface area (Å²) in [5, 5.41) is 9.24. The molecular formula is C17H25NO2. The molecule has 0 amide bonds. The zero-order valence-electron chi connectivity index (χ0n) is 12.3. The molecule has 1 atom stereocenters. The zero-order valence-corrected chi connectivity index (χ0v) is 12.3. The van der Waals surface area contributed by atoms with Gasteiger partial charge in [0.15, 0.2) is 5.78 Å². The maximum atomic E-state index is 12.6. The van der Waals surface area contributed by atoms with E-state index >= 15 is 0 Å². The number of aryl methyl sites for hydroxylation is 1. The van der Waals surface area contributed by atoms with Gasteiger partial charge in [0, 0.05) is 24.6 Å². The summed E-state index contributed by atoms with van der Waals surface area (Å²) in [6, 6.07) is 7.75. The Morgan fingerprint density at radius 2 is 1.85 bits per heavy atom. The van der Waals surface area contributed by atoms with Crippen LogP contribution in [-0.4, -0.2) is 42.0 Å². The molecule has 3 nitrogen and oxygen atoms in total. The minimum absolute atomic E-state index is 0.0795. The zero-order chi connectivity index (χ0) is 14.4. The normalized spacial score (nSPS) is 17.9. The molecule has 3 heteroatoms. The van der Waals surface area contributed by atoms with Gasteiger partial charge in [-0.3, -0.25) is 4.79 Å². The quantitative estimate of drug-likeness (QED) is 0.811. The average Bonchev–Trinajstić information content (AvgIpc) is 2.48. The third-order valence-corrected chi connectivity index (χ3v) is 4.11. The molecule has 1 fully saturated rings. The van der Waals surface area contributed by atoms with E-state index in [2.05, 4.69) is 4.90 Å². The third kappa shape index (κ3) is 4.15. The Kier molecular flexibility index (Phi) is 5.74. The highest BCUT2D eigenvalue weighted by molar-refractivity contribution is 5.98. The van der Waals surface area contributed by atoms with Gasteiger partial charge in [0.05, 0.1) is 0 Å². The predicted octanol–water partition coefficient (Wildman–Crippen LogP) is 2.66. The van der Waals surface area contributed by atoms with Crippen molar-refractivity contribution in [3.63, 3.8) is 0 Å². The lowest BCUT2D eigenvalue weighted by molar-refractivity contribution is 0.0833. The van der Waals surface area contributed by atoms with Gasteiger partial charge in [-0.1, -0.05) is 36.2 Å². The fraction of sp³-hybridized carbons (Fsp3) is 0.588. The van der Waals surface area contributed by atoms with Gasteiger partial charge in [-0.2, -0.15) is 0 Å². The number of piperidine rings is 1. The molecule has 1 aromatic carbocycles. The molecule has 0 bridgehead atoms. The van der Waals surface area contributed by atoms with Crippen LogP contribution in [0.2, 0.25) is 0 Å². The number of carbonyl (C=O) groups is 1. The fourth-order valence-electron chi connectivity index (χ4n) is 2.87. The summed E-state index contributed by atoms with van der Waals surface area (Å²) >= 11 is 0. The minimum atomic E-state index is -0.0826. The molecule has 0 aromatic heterocycles. The molecule has 1 aliphatic rings. The van der Waals surface area contributed by atoms with Crippen molar-refractivity contribution in [2.75, 3.05) is 26.2 Å². The van der Waals surface area contributed by atoms with Crippen LogP contribution in [0.4, 0.5) is 0 Å². The molecule has 20 heavy (non-hydrogen) atoms. The van der Waals surface area contributed by atoms with Crippen molar-refractivity contribution < 1.29 is 9.90 Å². The van der Waals surface area contributed by atoms with Gasteiger partial charge in [0.25, 0.3) is 0 Å². The van der Waals surface area contributed by atoms with Crippen molar-refractivity contribution in [1.82, 2.24) is 4.90 Å². The Balaban J connectivity index is 2.02. The Morgan fingerprint density at radius 1 is 1.20 bits per heavy atom. The smallest absolute Gasteiger partial charge is 0.167 e. The summed E-state index contributed by atoms with van der Waals surface area (Å²) in [5.41, 5.74) is 1.93. The van der Waals surface area contributed by atoms with Gasteiger partial charge < -0.3 is 10.0 Å². The molecule has 0 unspecified atom stereocenters. The van der Waals surface area contributed by atoms with E-state index < -0.39 is 0 Å². The monoisotopic (exact) mass is 275 g/mol. The van der Waals surface area contributed by atoms with E-state index in [4.69, 9.17) is 0 Å². The molecule has 1 saturated heterocycles. The van der Waals surface area contributed by atoms with Crippen LogP contribution < -0.4 is 0 Å². The van der Waals surface area contributed by atoms with E-state index in [0.29, 0.717) is 6.42 Å². The number of carbonyl (C=O) groups excluding carboxylic acids is 1. The second-order valence-corrected chi connectivity index (χ2v) is 5.80. The van der Waals surface area contributed by atoms with Crippen LogP contribution in [0.3, 0.4) is 0 Å². The minimum Gasteiger partial charge on any atom is -0.396 e. The fourth-order valence-corrected chi connectivity index (χ4v) is 2.87. The van der Waals surface area contributed by atoms with Gasteiger partial charge >= 0.3 is 0 Å². The Bertz CT molecular complexity index is 421. The van der Waals surface area contributed by atoms with E-state index in [1.54, 1.807) is 0 Å². The molecule has 1 aromatic rings. The van der Waals surface area contributed by atoms with Crippen LogP contribution in [-0.2, 0) is 0 Å². The summed E-state index contributed by atoms with van der Waals surface area (Å²) in [4.78, 5) is 15.0. The predicted molar refractivity (Wildman–Crippen MR) is 81.0 cm³/mol. The molecule has 0 radical (unpaired) electrons. The van der Waals surface area contributed by atoms with Gasteiger partial charge in [-0.05, 0) is 39.3 Å². The lowest BCUT2D eigenvalue weighted by Gasteiger charge is -2.29. The number of rotatable bonds is 6. The van der Waals surface area contributed by atoms with Crippen molar-refractivity contribution in [2.24, 2.45) is 5.92 Å². The number of Topliss-reactive ketones (excluding diaryl/α,β-unsaturated/α-hetero) is 1. The number of ketones is 1. The lowest BCUT2D eigenvalue weighted by atomic mass is 9.93. The van der Waals surface area contributed by atoms with Crippen LogP contribution in [0.1, 0.15) is 41.6 Å². The Hall–Kier alpha value is -1.19. The number of aliphatic hydroxyl groups is 1. The maximum absolute atomic E-state index is 12.6. The van der Waals surface area contributed by atoms with Crippen LogP contribution in [0.15, 0.2) is 24.3 Å².